The van der Waals surface area contributed by atoms with Gasteiger partial charge < -0.3 is 9.32 Å². The van der Waals surface area contributed by atoms with E-state index >= 15 is 0 Å². The summed E-state index contributed by atoms with van der Waals surface area (Å²) in [6.07, 6.45) is 0. The highest BCUT2D eigenvalue weighted by Gasteiger charge is 2.21. The predicted molar refractivity (Wildman–Crippen MR) is 208 cm³/mol. The van der Waals surface area contributed by atoms with E-state index in [1.807, 2.05) is 18.2 Å². The Kier molecular flexibility index (Phi) is 7.82. The van der Waals surface area contributed by atoms with E-state index in [0.717, 1.165) is 61.3 Å². The number of hydrogen-bond donors (Lipinski definition) is 0. The molecular formula is C46H36ClNO. The lowest BCUT2D eigenvalue weighted by molar-refractivity contribution is 0.592. The first kappa shape index (κ1) is 30.7. The van der Waals surface area contributed by atoms with Crippen LogP contribution in [-0.4, -0.2) is 0 Å². The Morgan fingerprint density at radius 1 is 0.469 bits per heavy atom. The zero-order valence-corrected chi connectivity index (χ0v) is 28.6. The number of anilines is 3. The molecule has 7 aromatic carbocycles. The minimum absolute atomic E-state index is 0.0267. The molecule has 0 bridgehead atoms. The molecule has 0 N–H and O–H groups in total. The largest absolute Gasteiger partial charge is 0.456 e. The van der Waals surface area contributed by atoms with E-state index in [-0.39, 0.29) is 5.41 Å². The highest BCUT2D eigenvalue weighted by atomic mass is 35.5. The van der Waals surface area contributed by atoms with Gasteiger partial charge in [-0.1, -0.05) is 142 Å². The van der Waals surface area contributed by atoms with Gasteiger partial charge in [-0.25, -0.2) is 0 Å². The minimum atomic E-state index is 0.0267. The van der Waals surface area contributed by atoms with Gasteiger partial charge in [-0.3, -0.25) is 0 Å². The summed E-state index contributed by atoms with van der Waals surface area (Å²) < 4.78 is 6.13. The van der Waals surface area contributed by atoms with E-state index in [2.05, 4.69) is 171 Å². The number of para-hydroxylation sites is 2. The van der Waals surface area contributed by atoms with E-state index < -0.39 is 0 Å². The van der Waals surface area contributed by atoms with Crippen molar-refractivity contribution in [2.45, 2.75) is 26.2 Å². The monoisotopic (exact) mass is 653 g/mol. The third-order valence-corrected chi connectivity index (χ3v) is 9.47. The van der Waals surface area contributed by atoms with Gasteiger partial charge in [0.05, 0.1) is 5.69 Å². The standard InChI is InChI=1S/C46H36ClNO/c1-46(2,3)42-18-10-7-15-38(42)32-21-24-36(25-22-32)48(43-19-11-8-16-39(43)31-13-5-4-6-14-31)37-28-34(27-35(47)30-37)33-23-26-45-41(29-33)40-17-9-12-20-44(40)49-45/h4-30H,1-3H3. The van der Waals surface area contributed by atoms with E-state index in [1.165, 1.54) is 16.7 Å². The number of halogens is 1. The fourth-order valence-corrected chi connectivity index (χ4v) is 7.14. The molecule has 49 heavy (non-hydrogen) atoms. The lowest BCUT2D eigenvalue weighted by Crippen LogP contribution is -2.13. The maximum atomic E-state index is 6.99. The topological polar surface area (TPSA) is 16.4 Å². The number of furan rings is 1. The Bertz CT molecular complexity index is 2430. The molecule has 8 aromatic rings. The van der Waals surface area contributed by atoms with Crippen LogP contribution in [0.5, 0.6) is 0 Å². The quantitative estimate of drug-likeness (QED) is 0.177. The van der Waals surface area contributed by atoms with Crippen LogP contribution in [0.2, 0.25) is 5.02 Å². The molecule has 0 amide bonds. The average Bonchev–Trinajstić information content (AvgIpc) is 3.50. The lowest BCUT2D eigenvalue weighted by Gasteiger charge is -2.29. The van der Waals surface area contributed by atoms with Crippen LogP contribution in [0.3, 0.4) is 0 Å². The number of rotatable bonds is 6. The highest BCUT2D eigenvalue weighted by molar-refractivity contribution is 6.31. The molecule has 0 aliphatic carbocycles. The van der Waals surface area contributed by atoms with Crippen molar-refractivity contribution >= 4 is 50.6 Å². The first-order chi connectivity index (χ1) is 23.8. The zero-order valence-electron chi connectivity index (χ0n) is 27.8. The highest BCUT2D eigenvalue weighted by Crippen LogP contribution is 2.44. The molecule has 238 valence electrons. The first-order valence-electron chi connectivity index (χ1n) is 16.7. The summed E-state index contributed by atoms with van der Waals surface area (Å²) in [6, 6.07) is 57.7. The second kappa shape index (κ2) is 12.5. The Balaban J connectivity index is 1.30. The molecule has 8 rings (SSSR count). The average molecular weight is 654 g/mol. The van der Waals surface area contributed by atoms with Crippen molar-refractivity contribution in [2.24, 2.45) is 0 Å². The van der Waals surface area contributed by atoms with Gasteiger partial charge in [-0.15, -0.1) is 0 Å². The zero-order chi connectivity index (χ0) is 33.5. The van der Waals surface area contributed by atoms with Crippen LogP contribution >= 0.6 is 11.6 Å². The van der Waals surface area contributed by atoms with Crippen molar-refractivity contribution in [3.05, 3.63) is 174 Å². The van der Waals surface area contributed by atoms with Gasteiger partial charge in [0.1, 0.15) is 11.2 Å². The molecule has 0 fully saturated rings. The molecule has 0 atom stereocenters. The van der Waals surface area contributed by atoms with E-state index in [4.69, 9.17) is 16.0 Å². The van der Waals surface area contributed by atoms with Gasteiger partial charge in [0.15, 0.2) is 0 Å². The molecule has 3 heteroatoms. The molecule has 1 aromatic heterocycles. The van der Waals surface area contributed by atoms with E-state index in [9.17, 15) is 0 Å². The molecule has 0 saturated carbocycles. The SMILES string of the molecule is CC(C)(C)c1ccccc1-c1ccc(N(c2cc(Cl)cc(-c3ccc4oc5ccccc5c4c3)c2)c2ccccc2-c2ccccc2)cc1. The van der Waals surface area contributed by atoms with Crippen LogP contribution < -0.4 is 4.90 Å². The van der Waals surface area contributed by atoms with Gasteiger partial charge in [-0.2, -0.15) is 0 Å². The van der Waals surface area contributed by atoms with Crippen LogP contribution in [0.4, 0.5) is 17.1 Å². The summed E-state index contributed by atoms with van der Waals surface area (Å²) in [7, 11) is 0. The van der Waals surface area contributed by atoms with Gasteiger partial charge in [0.2, 0.25) is 0 Å². The first-order valence-corrected chi connectivity index (χ1v) is 17.1. The normalized spacial score (nSPS) is 11.7. The summed E-state index contributed by atoms with van der Waals surface area (Å²) in [5, 5.41) is 2.86. The van der Waals surface area contributed by atoms with Gasteiger partial charge in [0, 0.05) is 32.7 Å². The number of hydrogen-bond acceptors (Lipinski definition) is 2. The third kappa shape index (κ3) is 5.90. The van der Waals surface area contributed by atoms with Crippen molar-refractivity contribution < 1.29 is 4.42 Å². The van der Waals surface area contributed by atoms with E-state index in [0.29, 0.717) is 5.02 Å². The molecule has 0 aliphatic heterocycles. The van der Waals surface area contributed by atoms with Crippen LogP contribution in [0.1, 0.15) is 26.3 Å². The molecule has 0 saturated heterocycles. The molecular weight excluding hydrogens is 618 g/mol. The van der Waals surface area contributed by atoms with Gasteiger partial charge >= 0.3 is 0 Å². The lowest BCUT2D eigenvalue weighted by atomic mass is 9.82. The smallest absolute Gasteiger partial charge is 0.135 e. The summed E-state index contributed by atoms with van der Waals surface area (Å²) in [6.45, 7) is 6.81. The number of fused-ring (bicyclic) bond motifs is 3. The Labute approximate surface area is 292 Å². The molecule has 0 unspecified atom stereocenters. The third-order valence-electron chi connectivity index (χ3n) is 9.25. The Morgan fingerprint density at radius 3 is 1.90 bits per heavy atom. The van der Waals surface area contributed by atoms with Crippen LogP contribution in [0.15, 0.2) is 168 Å². The number of benzene rings is 7. The van der Waals surface area contributed by atoms with E-state index in [1.54, 1.807) is 0 Å². The fourth-order valence-electron chi connectivity index (χ4n) is 6.91. The van der Waals surface area contributed by atoms with Crippen LogP contribution in [0, 0.1) is 0 Å². The van der Waals surface area contributed by atoms with Gasteiger partial charge in [-0.05, 0) is 93.4 Å². The predicted octanol–water partition coefficient (Wildman–Crippen LogP) is 14.0. The van der Waals surface area contributed by atoms with Crippen molar-refractivity contribution in [3.63, 3.8) is 0 Å². The van der Waals surface area contributed by atoms with Crippen molar-refractivity contribution in [1.82, 2.24) is 0 Å². The van der Waals surface area contributed by atoms with Crippen molar-refractivity contribution in [1.29, 1.82) is 0 Å². The molecule has 0 aliphatic rings. The van der Waals surface area contributed by atoms with Crippen molar-refractivity contribution in [3.8, 4) is 33.4 Å². The molecule has 0 radical (unpaired) electrons. The van der Waals surface area contributed by atoms with Crippen LogP contribution in [-0.2, 0) is 5.41 Å². The van der Waals surface area contributed by atoms with Crippen molar-refractivity contribution in [2.75, 3.05) is 4.90 Å². The fraction of sp³-hybridized carbons (Fsp3) is 0.0870. The maximum absolute atomic E-state index is 6.99. The second-order valence-corrected chi connectivity index (χ2v) is 14.0. The molecule has 0 spiro atoms. The summed E-state index contributed by atoms with van der Waals surface area (Å²) >= 11 is 6.99. The van der Waals surface area contributed by atoms with Crippen LogP contribution in [0.25, 0.3) is 55.3 Å². The summed E-state index contributed by atoms with van der Waals surface area (Å²) in [5.74, 6) is 0. The molecule has 1 heterocycles. The van der Waals surface area contributed by atoms with Gasteiger partial charge in [0.25, 0.3) is 0 Å². The minimum Gasteiger partial charge on any atom is -0.456 e. The Morgan fingerprint density at radius 2 is 1.10 bits per heavy atom. The summed E-state index contributed by atoms with van der Waals surface area (Å²) in [5.41, 5.74) is 13.1. The summed E-state index contributed by atoms with van der Waals surface area (Å²) in [4.78, 5) is 2.32. The second-order valence-electron chi connectivity index (χ2n) is 13.6. The number of nitrogens with zero attached hydrogens (tertiary/aromatic N) is 1. The molecule has 2 nitrogen and oxygen atoms in total. The maximum Gasteiger partial charge on any atom is 0.135 e. The Hall–Kier alpha value is -5.57.